The van der Waals surface area contributed by atoms with Crippen LogP contribution >= 0.6 is 23.8 Å². The summed E-state index contributed by atoms with van der Waals surface area (Å²) in [6, 6.07) is 11.2. The van der Waals surface area contributed by atoms with Crippen molar-refractivity contribution in [3.63, 3.8) is 0 Å². The molecular formula is C21H17ClN2O6S. The van der Waals surface area contributed by atoms with Gasteiger partial charge < -0.3 is 14.6 Å². The van der Waals surface area contributed by atoms with Crippen LogP contribution in [0.2, 0.25) is 5.02 Å². The van der Waals surface area contributed by atoms with Gasteiger partial charge in [0.1, 0.15) is 17.1 Å². The maximum absolute atomic E-state index is 13.1. The van der Waals surface area contributed by atoms with Crippen molar-refractivity contribution >= 4 is 58.5 Å². The number of nitrogens with zero attached hydrogens (tertiary/aromatic N) is 1. The largest absolute Gasteiger partial charge is 0.494 e. The summed E-state index contributed by atoms with van der Waals surface area (Å²) < 4.78 is 10.5. The van der Waals surface area contributed by atoms with Crippen molar-refractivity contribution in [3.8, 4) is 11.5 Å². The van der Waals surface area contributed by atoms with Gasteiger partial charge in [-0.15, -0.1) is 0 Å². The number of hydrogen-bond acceptors (Lipinski definition) is 6. The standard InChI is InChI=1S/C21H17ClN2O6S/c1-2-29-14-5-3-4-13(10-14)24-20(28)15(19(27)23-21(24)31)8-12-6-7-17(16(22)9-12)30-11-18(25)26/h3-10H,2,11H2,1H3,(H,25,26)(H,23,27,31)/b15-8-. The number of thiocarbonyl (C=S) groups is 1. The number of carbonyl (C=O) groups excluding carboxylic acids is 2. The van der Waals surface area contributed by atoms with Crippen molar-refractivity contribution < 1.29 is 29.0 Å². The number of aliphatic carboxylic acids is 1. The van der Waals surface area contributed by atoms with Gasteiger partial charge in [-0.2, -0.15) is 0 Å². The highest BCUT2D eigenvalue weighted by atomic mass is 35.5. The molecule has 0 saturated carbocycles. The highest BCUT2D eigenvalue weighted by molar-refractivity contribution is 7.80. The SMILES string of the molecule is CCOc1cccc(N2C(=O)/C(=C\c3ccc(OCC(=O)O)c(Cl)c3)C(=O)NC2=S)c1. The zero-order chi connectivity index (χ0) is 22.5. The molecule has 1 fully saturated rings. The molecule has 0 unspecified atom stereocenters. The Kier molecular flexibility index (Phi) is 6.88. The average Bonchev–Trinajstić information content (AvgIpc) is 2.71. The Hall–Kier alpha value is -3.43. The van der Waals surface area contributed by atoms with Gasteiger partial charge in [0, 0.05) is 6.07 Å². The molecule has 3 rings (SSSR count). The van der Waals surface area contributed by atoms with Gasteiger partial charge in [0.15, 0.2) is 11.7 Å². The molecule has 1 heterocycles. The minimum atomic E-state index is -1.14. The molecule has 1 saturated heterocycles. The number of carboxylic acids is 1. The van der Waals surface area contributed by atoms with E-state index >= 15 is 0 Å². The highest BCUT2D eigenvalue weighted by Gasteiger charge is 2.34. The second-order valence-electron chi connectivity index (χ2n) is 6.26. The lowest BCUT2D eigenvalue weighted by atomic mass is 10.1. The predicted octanol–water partition coefficient (Wildman–Crippen LogP) is 3.03. The van der Waals surface area contributed by atoms with Crippen LogP contribution in [0.4, 0.5) is 5.69 Å². The van der Waals surface area contributed by atoms with Crippen LogP contribution < -0.4 is 19.7 Å². The number of anilines is 1. The number of carbonyl (C=O) groups is 3. The first-order chi connectivity index (χ1) is 14.8. The molecule has 160 valence electrons. The molecule has 0 bridgehead atoms. The van der Waals surface area contributed by atoms with Crippen molar-refractivity contribution in [3.05, 3.63) is 58.6 Å². The minimum absolute atomic E-state index is 0.0451. The van der Waals surface area contributed by atoms with E-state index in [0.717, 1.165) is 0 Å². The second kappa shape index (κ2) is 9.59. The lowest BCUT2D eigenvalue weighted by molar-refractivity contribution is -0.139. The lowest BCUT2D eigenvalue weighted by Gasteiger charge is -2.29. The molecule has 2 amide bonds. The lowest BCUT2D eigenvalue weighted by Crippen LogP contribution is -2.54. The van der Waals surface area contributed by atoms with E-state index in [0.29, 0.717) is 23.6 Å². The summed E-state index contributed by atoms with van der Waals surface area (Å²) in [5, 5.41) is 11.3. The predicted molar refractivity (Wildman–Crippen MR) is 118 cm³/mol. The average molecular weight is 461 g/mol. The van der Waals surface area contributed by atoms with Crippen LogP contribution in [-0.4, -0.2) is 41.2 Å². The Balaban J connectivity index is 1.91. The maximum Gasteiger partial charge on any atom is 0.341 e. The Morgan fingerprint density at radius 2 is 2.00 bits per heavy atom. The molecule has 0 spiro atoms. The summed E-state index contributed by atoms with van der Waals surface area (Å²) >= 11 is 11.3. The highest BCUT2D eigenvalue weighted by Crippen LogP contribution is 2.28. The van der Waals surface area contributed by atoms with Gasteiger partial charge in [0.2, 0.25) is 0 Å². The summed E-state index contributed by atoms with van der Waals surface area (Å²) in [6.45, 7) is 1.75. The Morgan fingerprint density at radius 1 is 1.23 bits per heavy atom. The van der Waals surface area contributed by atoms with Crippen LogP contribution in [0.1, 0.15) is 12.5 Å². The molecule has 10 heteroatoms. The van der Waals surface area contributed by atoms with Gasteiger partial charge in [0.25, 0.3) is 11.8 Å². The van der Waals surface area contributed by atoms with Gasteiger partial charge in [-0.05, 0) is 55.0 Å². The van der Waals surface area contributed by atoms with E-state index in [1.165, 1.54) is 23.1 Å². The van der Waals surface area contributed by atoms with Crippen molar-refractivity contribution in [2.24, 2.45) is 0 Å². The number of carboxylic acid groups (broad SMARTS) is 1. The molecule has 1 aliphatic heterocycles. The van der Waals surface area contributed by atoms with Gasteiger partial charge in [-0.1, -0.05) is 23.7 Å². The van der Waals surface area contributed by atoms with E-state index in [9.17, 15) is 14.4 Å². The molecule has 2 N–H and O–H groups in total. The number of halogens is 1. The van der Waals surface area contributed by atoms with Crippen molar-refractivity contribution in [2.45, 2.75) is 6.92 Å². The number of nitrogens with one attached hydrogen (secondary N) is 1. The van der Waals surface area contributed by atoms with Crippen LogP contribution in [0.3, 0.4) is 0 Å². The Labute approximate surface area is 188 Å². The fourth-order valence-electron chi connectivity index (χ4n) is 2.80. The van der Waals surface area contributed by atoms with Crippen molar-refractivity contribution in [2.75, 3.05) is 18.1 Å². The van der Waals surface area contributed by atoms with Crippen molar-refractivity contribution in [1.29, 1.82) is 0 Å². The molecule has 0 aliphatic carbocycles. The monoisotopic (exact) mass is 460 g/mol. The van der Waals surface area contributed by atoms with E-state index in [1.807, 2.05) is 6.92 Å². The quantitative estimate of drug-likeness (QED) is 0.371. The molecular weight excluding hydrogens is 444 g/mol. The zero-order valence-electron chi connectivity index (χ0n) is 16.3. The van der Waals surface area contributed by atoms with E-state index < -0.39 is 24.4 Å². The second-order valence-corrected chi connectivity index (χ2v) is 7.05. The Morgan fingerprint density at radius 3 is 2.68 bits per heavy atom. The summed E-state index contributed by atoms with van der Waals surface area (Å²) in [5.41, 5.74) is 0.745. The smallest absolute Gasteiger partial charge is 0.341 e. The first-order valence-electron chi connectivity index (χ1n) is 9.08. The fraction of sp³-hybridized carbons (Fsp3) is 0.143. The topological polar surface area (TPSA) is 105 Å². The summed E-state index contributed by atoms with van der Waals surface area (Å²) in [6.07, 6.45) is 1.37. The number of hydrogen-bond donors (Lipinski definition) is 2. The molecule has 2 aromatic carbocycles. The van der Waals surface area contributed by atoms with Crippen molar-refractivity contribution in [1.82, 2.24) is 5.32 Å². The summed E-state index contributed by atoms with van der Waals surface area (Å²) in [7, 11) is 0. The molecule has 31 heavy (non-hydrogen) atoms. The third-order valence-corrected chi connectivity index (χ3v) is 4.69. The van der Waals surface area contributed by atoms with Crippen LogP contribution in [0.15, 0.2) is 48.0 Å². The molecule has 0 aromatic heterocycles. The van der Waals surface area contributed by atoms with Crippen LogP contribution in [-0.2, 0) is 14.4 Å². The maximum atomic E-state index is 13.1. The number of rotatable bonds is 7. The zero-order valence-corrected chi connectivity index (χ0v) is 17.8. The van der Waals surface area contributed by atoms with Crippen LogP contribution in [0.25, 0.3) is 6.08 Å². The van der Waals surface area contributed by atoms with Crippen LogP contribution in [0.5, 0.6) is 11.5 Å². The fourth-order valence-corrected chi connectivity index (χ4v) is 3.33. The van der Waals surface area contributed by atoms with Gasteiger partial charge in [-0.25, -0.2) is 4.79 Å². The molecule has 1 aliphatic rings. The number of ether oxygens (including phenoxy) is 2. The van der Waals surface area contributed by atoms with E-state index in [4.69, 9.17) is 38.4 Å². The van der Waals surface area contributed by atoms with Crippen LogP contribution in [0, 0.1) is 0 Å². The summed E-state index contributed by atoms with van der Waals surface area (Å²) in [4.78, 5) is 37.4. The minimum Gasteiger partial charge on any atom is -0.494 e. The van der Waals surface area contributed by atoms with E-state index in [-0.39, 0.29) is 21.5 Å². The molecule has 8 nitrogen and oxygen atoms in total. The first-order valence-corrected chi connectivity index (χ1v) is 9.87. The first kappa shape index (κ1) is 22.3. The van der Waals surface area contributed by atoms with Gasteiger partial charge in [-0.3, -0.25) is 19.8 Å². The molecule has 0 atom stereocenters. The molecule has 0 radical (unpaired) electrons. The Bertz CT molecular complexity index is 1100. The van der Waals surface area contributed by atoms with Gasteiger partial charge >= 0.3 is 5.97 Å². The third-order valence-electron chi connectivity index (χ3n) is 4.11. The molecule has 2 aromatic rings. The summed E-state index contributed by atoms with van der Waals surface area (Å²) in [5.74, 6) is -1.67. The normalized spacial score (nSPS) is 15.1. The third kappa shape index (κ3) is 5.19. The number of amides is 2. The van der Waals surface area contributed by atoms with E-state index in [2.05, 4.69) is 5.32 Å². The number of benzene rings is 2. The van der Waals surface area contributed by atoms with E-state index in [1.54, 1.807) is 30.3 Å². The van der Waals surface area contributed by atoms with Gasteiger partial charge in [0.05, 0.1) is 17.3 Å².